The first-order valence-electron chi connectivity index (χ1n) is 10.5. The van der Waals surface area contributed by atoms with Crippen LogP contribution in [0.4, 0.5) is 10.2 Å². The van der Waals surface area contributed by atoms with E-state index in [1.54, 1.807) is 17.0 Å². The Balaban J connectivity index is 1.68. The van der Waals surface area contributed by atoms with Gasteiger partial charge in [-0.15, -0.1) is 0 Å². The molecule has 0 atom stereocenters. The molecular weight excluding hydrogens is 455 g/mol. The number of benzene rings is 1. The fourth-order valence-electron chi connectivity index (χ4n) is 3.96. The number of rotatable bonds is 6. The standard InChI is InChI=1S/C22H28ClFN4O3S/c1-15(2)28(16(3)4)32(30,31)18-6-8-21(25-14-18)26-9-11-27(12-10-26)22(29)19-7-5-17(24)13-20(19)23/h5-8,13-16H,9-12H2,1-4H3. The van der Waals surface area contributed by atoms with E-state index in [4.69, 9.17) is 11.6 Å². The maximum Gasteiger partial charge on any atom is 0.255 e. The minimum atomic E-state index is -3.64. The molecule has 32 heavy (non-hydrogen) atoms. The topological polar surface area (TPSA) is 73.8 Å². The zero-order valence-corrected chi connectivity index (χ0v) is 20.2. The molecule has 0 spiro atoms. The van der Waals surface area contributed by atoms with Gasteiger partial charge in [0.2, 0.25) is 10.0 Å². The van der Waals surface area contributed by atoms with Gasteiger partial charge in [0.25, 0.3) is 5.91 Å². The number of carbonyl (C=O) groups is 1. The molecule has 0 aliphatic carbocycles. The van der Waals surface area contributed by atoms with E-state index in [0.29, 0.717) is 32.0 Å². The number of piperazine rings is 1. The van der Waals surface area contributed by atoms with Gasteiger partial charge in [0.1, 0.15) is 16.5 Å². The van der Waals surface area contributed by atoms with E-state index in [2.05, 4.69) is 4.98 Å². The Morgan fingerprint density at radius 3 is 2.19 bits per heavy atom. The third kappa shape index (κ3) is 5.05. The van der Waals surface area contributed by atoms with Crippen LogP contribution in [0.25, 0.3) is 0 Å². The highest BCUT2D eigenvalue weighted by molar-refractivity contribution is 7.89. The van der Waals surface area contributed by atoms with Crippen molar-refractivity contribution in [2.24, 2.45) is 0 Å². The summed E-state index contributed by atoms with van der Waals surface area (Å²) in [4.78, 5) is 20.9. The molecule has 1 aromatic carbocycles. The number of sulfonamides is 1. The van der Waals surface area contributed by atoms with Gasteiger partial charge in [0.05, 0.1) is 10.6 Å². The van der Waals surface area contributed by atoms with Crippen LogP contribution in [0.15, 0.2) is 41.4 Å². The number of aromatic nitrogens is 1. The Bertz CT molecular complexity index is 1060. The van der Waals surface area contributed by atoms with Crippen LogP contribution in [0, 0.1) is 5.82 Å². The monoisotopic (exact) mass is 482 g/mol. The summed E-state index contributed by atoms with van der Waals surface area (Å²) in [5.41, 5.74) is 0.272. The van der Waals surface area contributed by atoms with Crippen molar-refractivity contribution in [2.75, 3.05) is 31.1 Å². The van der Waals surface area contributed by atoms with Crippen LogP contribution in [-0.2, 0) is 10.0 Å². The molecule has 0 N–H and O–H groups in total. The van der Waals surface area contributed by atoms with Crippen LogP contribution >= 0.6 is 11.6 Å². The third-order valence-electron chi connectivity index (χ3n) is 5.37. The highest BCUT2D eigenvalue weighted by Crippen LogP contribution is 2.24. The summed E-state index contributed by atoms with van der Waals surface area (Å²) in [6.45, 7) is 9.35. The molecule has 3 rings (SSSR count). The SMILES string of the molecule is CC(C)N(C(C)C)S(=O)(=O)c1ccc(N2CCN(C(=O)c3ccc(F)cc3Cl)CC2)nc1. The van der Waals surface area contributed by atoms with Crippen LogP contribution in [-0.4, -0.2) is 66.8 Å². The average molecular weight is 483 g/mol. The van der Waals surface area contributed by atoms with Gasteiger partial charge in [-0.05, 0) is 58.0 Å². The van der Waals surface area contributed by atoms with Crippen molar-refractivity contribution in [3.05, 3.63) is 52.9 Å². The molecule has 1 saturated heterocycles. The number of pyridine rings is 1. The van der Waals surface area contributed by atoms with E-state index in [-0.39, 0.29) is 33.5 Å². The summed E-state index contributed by atoms with van der Waals surface area (Å²) >= 11 is 6.02. The second-order valence-electron chi connectivity index (χ2n) is 8.28. The number of halogens is 2. The summed E-state index contributed by atoms with van der Waals surface area (Å²) in [5.74, 6) is -0.0826. The molecule has 0 radical (unpaired) electrons. The maximum atomic E-state index is 13.3. The van der Waals surface area contributed by atoms with Gasteiger partial charge in [-0.1, -0.05) is 11.6 Å². The van der Waals surface area contributed by atoms with Crippen molar-refractivity contribution in [1.82, 2.24) is 14.2 Å². The van der Waals surface area contributed by atoms with Crippen molar-refractivity contribution in [3.8, 4) is 0 Å². The van der Waals surface area contributed by atoms with Crippen LogP contribution in [0.5, 0.6) is 0 Å². The molecule has 0 unspecified atom stereocenters. The largest absolute Gasteiger partial charge is 0.353 e. The van der Waals surface area contributed by atoms with E-state index in [1.807, 2.05) is 32.6 Å². The normalized spacial score (nSPS) is 15.2. The van der Waals surface area contributed by atoms with E-state index in [0.717, 1.165) is 6.07 Å². The number of anilines is 1. The van der Waals surface area contributed by atoms with Crippen LogP contribution in [0.1, 0.15) is 38.1 Å². The molecule has 7 nitrogen and oxygen atoms in total. The van der Waals surface area contributed by atoms with E-state index in [1.165, 1.54) is 22.6 Å². The molecule has 174 valence electrons. The zero-order valence-electron chi connectivity index (χ0n) is 18.6. The minimum Gasteiger partial charge on any atom is -0.353 e. The summed E-state index contributed by atoms with van der Waals surface area (Å²) in [6, 6.07) is 6.68. The first kappa shape index (κ1) is 24.4. The van der Waals surface area contributed by atoms with Crippen molar-refractivity contribution in [2.45, 2.75) is 44.7 Å². The molecular formula is C22H28ClFN4O3S. The zero-order chi connectivity index (χ0) is 23.6. The predicted molar refractivity (Wildman–Crippen MR) is 123 cm³/mol. The summed E-state index contributed by atoms with van der Waals surface area (Å²) in [5, 5.41) is 0.0905. The van der Waals surface area contributed by atoms with E-state index < -0.39 is 15.8 Å². The second kappa shape index (κ2) is 9.72. The Morgan fingerprint density at radius 1 is 1.06 bits per heavy atom. The van der Waals surface area contributed by atoms with Crippen molar-refractivity contribution in [1.29, 1.82) is 0 Å². The van der Waals surface area contributed by atoms with Crippen molar-refractivity contribution in [3.63, 3.8) is 0 Å². The lowest BCUT2D eigenvalue weighted by Crippen LogP contribution is -2.49. The Kier molecular flexibility index (Phi) is 7.42. The lowest BCUT2D eigenvalue weighted by Gasteiger charge is -2.35. The Labute approximate surface area is 193 Å². The molecule has 0 bridgehead atoms. The number of hydrogen-bond acceptors (Lipinski definition) is 5. The first-order chi connectivity index (χ1) is 15.0. The van der Waals surface area contributed by atoms with Gasteiger partial charge in [0.15, 0.2) is 0 Å². The first-order valence-corrected chi connectivity index (χ1v) is 12.3. The summed E-state index contributed by atoms with van der Waals surface area (Å²) < 4.78 is 40.7. The highest BCUT2D eigenvalue weighted by atomic mass is 35.5. The van der Waals surface area contributed by atoms with Gasteiger partial charge in [-0.3, -0.25) is 4.79 Å². The molecule has 1 fully saturated rings. The van der Waals surface area contributed by atoms with Crippen LogP contribution in [0.2, 0.25) is 5.02 Å². The molecule has 1 aromatic heterocycles. The number of amides is 1. The molecule has 10 heteroatoms. The molecule has 1 aliphatic rings. The number of carbonyl (C=O) groups excluding carboxylic acids is 1. The van der Waals surface area contributed by atoms with Gasteiger partial charge in [0, 0.05) is 44.5 Å². The fraction of sp³-hybridized carbons (Fsp3) is 0.455. The Hall–Kier alpha value is -2.23. The maximum absolute atomic E-state index is 13.3. The Morgan fingerprint density at radius 2 is 1.69 bits per heavy atom. The fourth-order valence-corrected chi connectivity index (χ4v) is 5.98. The second-order valence-corrected chi connectivity index (χ2v) is 10.5. The average Bonchev–Trinajstić information content (AvgIpc) is 2.73. The molecule has 0 saturated carbocycles. The smallest absolute Gasteiger partial charge is 0.255 e. The molecule has 1 amide bonds. The lowest BCUT2D eigenvalue weighted by molar-refractivity contribution is 0.0746. The van der Waals surface area contributed by atoms with Crippen LogP contribution in [0.3, 0.4) is 0 Å². The van der Waals surface area contributed by atoms with Crippen molar-refractivity contribution < 1.29 is 17.6 Å². The van der Waals surface area contributed by atoms with Crippen LogP contribution < -0.4 is 4.90 Å². The minimum absolute atomic E-state index is 0.0905. The molecule has 1 aliphatic heterocycles. The van der Waals surface area contributed by atoms with Crippen molar-refractivity contribution >= 4 is 33.3 Å². The van der Waals surface area contributed by atoms with E-state index >= 15 is 0 Å². The summed E-state index contributed by atoms with van der Waals surface area (Å²) in [6.07, 6.45) is 1.39. The van der Waals surface area contributed by atoms with E-state index in [9.17, 15) is 17.6 Å². The summed E-state index contributed by atoms with van der Waals surface area (Å²) in [7, 11) is -3.64. The third-order valence-corrected chi connectivity index (χ3v) is 7.91. The van der Waals surface area contributed by atoms with Gasteiger partial charge in [-0.2, -0.15) is 4.31 Å². The predicted octanol–water partition coefficient (Wildman–Crippen LogP) is 3.64. The number of nitrogens with zero attached hydrogens (tertiary/aromatic N) is 4. The van der Waals surface area contributed by atoms with Gasteiger partial charge in [-0.25, -0.2) is 17.8 Å². The highest BCUT2D eigenvalue weighted by Gasteiger charge is 2.30. The van der Waals surface area contributed by atoms with Gasteiger partial charge < -0.3 is 9.80 Å². The lowest BCUT2D eigenvalue weighted by atomic mass is 10.1. The quantitative estimate of drug-likeness (QED) is 0.628. The molecule has 2 heterocycles. The van der Waals surface area contributed by atoms with Gasteiger partial charge >= 0.3 is 0 Å². The molecule has 2 aromatic rings. The number of hydrogen-bond donors (Lipinski definition) is 0.